The van der Waals surface area contributed by atoms with Crippen molar-refractivity contribution < 1.29 is 0 Å². The molecule has 0 aliphatic carbocycles. The Hall–Kier alpha value is -1.33. The van der Waals surface area contributed by atoms with Crippen molar-refractivity contribution in [1.29, 1.82) is 5.26 Å². The second kappa shape index (κ2) is 4.95. The summed E-state index contributed by atoms with van der Waals surface area (Å²) in [7, 11) is 0. The number of hydrogen-bond donors (Lipinski definition) is 1. The number of nitriles is 1. The van der Waals surface area contributed by atoms with Crippen molar-refractivity contribution in [2.75, 3.05) is 6.54 Å². The minimum absolute atomic E-state index is 0.427. The maximum atomic E-state index is 8.82. The molecule has 0 radical (unpaired) electrons. The number of hydrogen-bond acceptors (Lipinski definition) is 2. The minimum Gasteiger partial charge on any atom is -0.300 e. The van der Waals surface area contributed by atoms with Gasteiger partial charge >= 0.3 is 0 Å². The third-order valence-corrected chi connectivity index (χ3v) is 2.34. The summed E-state index contributed by atoms with van der Waals surface area (Å²) in [6.07, 6.45) is 0.965. The van der Waals surface area contributed by atoms with Crippen LogP contribution in [-0.4, -0.2) is 12.1 Å². The van der Waals surface area contributed by atoms with Gasteiger partial charge in [-0.2, -0.15) is 5.26 Å². The smallest absolute Gasteiger partial charge is 0.101 e. The minimum atomic E-state index is -0.427. The maximum Gasteiger partial charge on any atom is 0.101 e. The van der Waals surface area contributed by atoms with Crippen LogP contribution in [0.4, 0.5) is 0 Å². The maximum absolute atomic E-state index is 8.82. The number of benzene rings is 1. The number of aryl methyl sites for hydroxylation is 1. The highest BCUT2D eigenvalue weighted by atomic mass is 14.9. The molecular formula is C13H18N2. The van der Waals surface area contributed by atoms with Crippen molar-refractivity contribution in [3.8, 4) is 6.07 Å². The largest absolute Gasteiger partial charge is 0.300 e. The van der Waals surface area contributed by atoms with Gasteiger partial charge in [0.15, 0.2) is 0 Å². The van der Waals surface area contributed by atoms with Gasteiger partial charge in [-0.3, -0.25) is 5.32 Å². The molecule has 0 aliphatic rings. The average Bonchev–Trinajstić information content (AvgIpc) is 2.18. The molecule has 0 aliphatic heterocycles. The Morgan fingerprint density at radius 3 is 2.73 bits per heavy atom. The van der Waals surface area contributed by atoms with Crippen LogP contribution >= 0.6 is 0 Å². The van der Waals surface area contributed by atoms with E-state index in [2.05, 4.69) is 42.6 Å². The van der Waals surface area contributed by atoms with Crippen LogP contribution in [0, 0.1) is 18.3 Å². The summed E-state index contributed by atoms with van der Waals surface area (Å²) in [5, 5.41) is 12.0. The molecule has 1 aromatic rings. The van der Waals surface area contributed by atoms with Crippen molar-refractivity contribution in [3.63, 3.8) is 0 Å². The van der Waals surface area contributed by atoms with Gasteiger partial charge in [0, 0.05) is 6.54 Å². The predicted octanol–water partition coefficient (Wildman–Crippen LogP) is 2.43. The van der Waals surface area contributed by atoms with E-state index in [1.54, 1.807) is 0 Å². The lowest BCUT2D eigenvalue weighted by atomic mass is 10.1. The monoisotopic (exact) mass is 202 g/mol. The van der Waals surface area contributed by atoms with Crippen molar-refractivity contribution >= 4 is 0 Å². The Balaban J connectivity index is 2.42. The zero-order chi connectivity index (χ0) is 11.3. The molecule has 0 aromatic heterocycles. The van der Waals surface area contributed by atoms with Crippen molar-refractivity contribution in [1.82, 2.24) is 5.32 Å². The fourth-order valence-corrected chi connectivity index (χ4v) is 1.43. The summed E-state index contributed by atoms with van der Waals surface area (Å²) >= 11 is 0. The summed E-state index contributed by atoms with van der Waals surface area (Å²) in [6.45, 7) is 6.71. The van der Waals surface area contributed by atoms with E-state index in [0.717, 1.165) is 13.0 Å². The molecular weight excluding hydrogens is 184 g/mol. The molecule has 0 unspecified atom stereocenters. The molecule has 15 heavy (non-hydrogen) atoms. The van der Waals surface area contributed by atoms with Gasteiger partial charge in [0.2, 0.25) is 0 Å². The van der Waals surface area contributed by atoms with Gasteiger partial charge in [-0.05, 0) is 32.8 Å². The number of rotatable bonds is 4. The van der Waals surface area contributed by atoms with E-state index in [-0.39, 0.29) is 0 Å². The molecule has 80 valence electrons. The first-order valence-corrected chi connectivity index (χ1v) is 5.25. The van der Waals surface area contributed by atoms with Crippen LogP contribution in [0.1, 0.15) is 25.0 Å². The molecule has 0 saturated heterocycles. The Morgan fingerprint density at radius 2 is 2.13 bits per heavy atom. The fraction of sp³-hybridized carbons (Fsp3) is 0.462. The quantitative estimate of drug-likeness (QED) is 0.814. The molecule has 0 spiro atoms. The van der Waals surface area contributed by atoms with Gasteiger partial charge in [-0.15, -0.1) is 0 Å². The Bertz CT molecular complexity index is 361. The number of nitrogens with one attached hydrogen (secondary N) is 1. The molecule has 0 amide bonds. The Labute approximate surface area is 91.9 Å². The Kier molecular flexibility index (Phi) is 3.88. The second-order valence-electron chi connectivity index (χ2n) is 4.40. The zero-order valence-electron chi connectivity index (χ0n) is 9.67. The highest BCUT2D eigenvalue weighted by molar-refractivity contribution is 5.22. The van der Waals surface area contributed by atoms with E-state index in [1.165, 1.54) is 11.1 Å². The first-order chi connectivity index (χ1) is 7.03. The van der Waals surface area contributed by atoms with E-state index in [4.69, 9.17) is 5.26 Å². The molecule has 2 nitrogen and oxygen atoms in total. The van der Waals surface area contributed by atoms with Gasteiger partial charge in [0.1, 0.15) is 5.54 Å². The predicted molar refractivity (Wildman–Crippen MR) is 62.6 cm³/mol. The van der Waals surface area contributed by atoms with Crippen LogP contribution in [0.15, 0.2) is 24.3 Å². The Morgan fingerprint density at radius 1 is 1.40 bits per heavy atom. The summed E-state index contributed by atoms with van der Waals surface area (Å²) in [5.74, 6) is 0. The number of nitrogens with zero attached hydrogens (tertiary/aromatic N) is 1. The lowest BCUT2D eigenvalue weighted by Gasteiger charge is -2.17. The van der Waals surface area contributed by atoms with E-state index in [1.807, 2.05) is 13.8 Å². The molecule has 0 atom stereocenters. The van der Waals surface area contributed by atoms with Gasteiger partial charge in [-0.25, -0.2) is 0 Å². The van der Waals surface area contributed by atoms with Crippen molar-refractivity contribution in [2.45, 2.75) is 32.7 Å². The standard InChI is InChI=1S/C13H18N2/c1-11-5-4-6-12(9-11)7-8-15-13(2,3)10-14/h4-6,9,15H,7-8H2,1-3H3. The summed E-state index contributed by atoms with van der Waals surface area (Å²) in [4.78, 5) is 0. The van der Waals surface area contributed by atoms with E-state index >= 15 is 0 Å². The van der Waals surface area contributed by atoms with Crippen molar-refractivity contribution in [2.24, 2.45) is 0 Å². The second-order valence-corrected chi connectivity index (χ2v) is 4.40. The lowest BCUT2D eigenvalue weighted by Crippen LogP contribution is -2.38. The van der Waals surface area contributed by atoms with Gasteiger partial charge in [-0.1, -0.05) is 29.8 Å². The summed E-state index contributed by atoms with van der Waals surface area (Å²) in [5.41, 5.74) is 2.17. The molecule has 2 heteroatoms. The highest BCUT2D eigenvalue weighted by Crippen LogP contribution is 2.05. The third kappa shape index (κ3) is 4.14. The van der Waals surface area contributed by atoms with Crippen LogP contribution in [0.2, 0.25) is 0 Å². The first-order valence-electron chi connectivity index (χ1n) is 5.25. The molecule has 0 fully saturated rings. The van der Waals surface area contributed by atoms with Gasteiger partial charge in [0.25, 0.3) is 0 Å². The van der Waals surface area contributed by atoms with E-state index < -0.39 is 5.54 Å². The van der Waals surface area contributed by atoms with E-state index in [0.29, 0.717) is 0 Å². The van der Waals surface area contributed by atoms with Crippen LogP contribution < -0.4 is 5.32 Å². The summed E-state index contributed by atoms with van der Waals surface area (Å²) in [6, 6.07) is 10.7. The topological polar surface area (TPSA) is 35.8 Å². The van der Waals surface area contributed by atoms with Crippen LogP contribution in [0.25, 0.3) is 0 Å². The molecule has 1 N–H and O–H groups in total. The van der Waals surface area contributed by atoms with Gasteiger partial charge in [0.05, 0.1) is 6.07 Å². The molecule has 1 aromatic carbocycles. The molecule has 0 bridgehead atoms. The van der Waals surface area contributed by atoms with Crippen LogP contribution in [0.5, 0.6) is 0 Å². The van der Waals surface area contributed by atoms with Crippen LogP contribution in [0.3, 0.4) is 0 Å². The first kappa shape index (κ1) is 11.7. The SMILES string of the molecule is Cc1cccc(CCNC(C)(C)C#N)c1. The molecule has 1 rings (SSSR count). The lowest BCUT2D eigenvalue weighted by molar-refractivity contribution is 0.490. The normalized spacial score (nSPS) is 11.1. The zero-order valence-corrected chi connectivity index (χ0v) is 9.67. The van der Waals surface area contributed by atoms with Crippen molar-refractivity contribution in [3.05, 3.63) is 35.4 Å². The van der Waals surface area contributed by atoms with E-state index in [9.17, 15) is 0 Å². The highest BCUT2D eigenvalue weighted by Gasteiger charge is 2.14. The average molecular weight is 202 g/mol. The summed E-state index contributed by atoms with van der Waals surface area (Å²) < 4.78 is 0. The third-order valence-electron chi connectivity index (χ3n) is 2.34. The molecule has 0 saturated carbocycles. The molecule has 0 heterocycles. The fourth-order valence-electron chi connectivity index (χ4n) is 1.43. The van der Waals surface area contributed by atoms with Gasteiger partial charge < -0.3 is 0 Å². The van der Waals surface area contributed by atoms with Crippen LogP contribution in [-0.2, 0) is 6.42 Å².